The third kappa shape index (κ3) is 3.09. The van der Waals surface area contributed by atoms with Gasteiger partial charge in [0.15, 0.2) is 5.84 Å². The highest BCUT2D eigenvalue weighted by atomic mass is 32.1. The largest absolute Gasteiger partial charge is 0.382 e. The molecule has 6 N–H and O–H groups in total. The highest BCUT2D eigenvalue weighted by Crippen LogP contribution is 2.17. The fraction of sp³-hybridized carbons (Fsp3) is 0. The van der Waals surface area contributed by atoms with Crippen LogP contribution in [0.2, 0.25) is 0 Å². The first-order chi connectivity index (χ1) is 9.22. The fourth-order valence-corrected chi connectivity index (χ4v) is 2.16. The Hall–Kier alpha value is -2.38. The van der Waals surface area contributed by atoms with Gasteiger partial charge < -0.3 is 11.1 Å². The molecule has 1 aromatic heterocycles. The van der Waals surface area contributed by atoms with Gasteiger partial charge in [-0.3, -0.25) is 4.79 Å². The lowest BCUT2D eigenvalue weighted by molar-refractivity contribution is 0.103. The van der Waals surface area contributed by atoms with Crippen molar-refractivity contribution in [1.82, 2.24) is 5.53 Å². The molecule has 0 fully saturated rings. The molecule has 19 heavy (non-hydrogen) atoms. The number of hydrogen-bond donors (Lipinski definition) is 4. The number of rotatable bonds is 4. The van der Waals surface area contributed by atoms with Gasteiger partial charge in [-0.15, -0.1) is 16.4 Å². The molecule has 0 aliphatic rings. The topological polar surface area (TPSA) is 106 Å². The summed E-state index contributed by atoms with van der Waals surface area (Å²) in [6.45, 7) is 0. The van der Waals surface area contributed by atoms with Crippen LogP contribution in [-0.4, -0.2) is 11.7 Å². The summed E-state index contributed by atoms with van der Waals surface area (Å²) < 4.78 is 0. The normalized spacial score (nSPS) is 11.1. The lowest BCUT2D eigenvalue weighted by atomic mass is 10.1. The summed E-state index contributed by atoms with van der Waals surface area (Å²) >= 11 is 1.37. The minimum absolute atomic E-state index is 0.184. The highest BCUT2D eigenvalue weighted by Gasteiger charge is 2.11. The van der Waals surface area contributed by atoms with Crippen LogP contribution >= 0.6 is 11.3 Å². The van der Waals surface area contributed by atoms with Crippen molar-refractivity contribution in [3.8, 4) is 0 Å². The number of amidine groups is 1. The van der Waals surface area contributed by atoms with E-state index in [9.17, 15) is 4.79 Å². The molecule has 0 saturated carbocycles. The van der Waals surface area contributed by atoms with Crippen LogP contribution in [-0.2, 0) is 0 Å². The Morgan fingerprint density at radius 3 is 2.68 bits per heavy atom. The molecule has 2 rings (SSSR count). The van der Waals surface area contributed by atoms with Crippen molar-refractivity contribution in [2.75, 3.05) is 5.32 Å². The van der Waals surface area contributed by atoms with Gasteiger partial charge >= 0.3 is 0 Å². The molecular formula is C12H13N5OS. The number of para-hydroxylation sites is 1. The maximum absolute atomic E-state index is 12.0. The average molecular weight is 275 g/mol. The summed E-state index contributed by atoms with van der Waals surface area (Å²) in [6, 6.07) is 10.7. The second-order valence-corrected chi connectivity index (χ2v) is 4.55. The first-order valence-electron chi connectivity index (χ1n) is 5.45. The van der Waals surface area contributed by atoms with E-state index >= 15 is 0 Å². The van der Waals surface area contributed by atoms with E-state index in [1.54, 1.807) is 30.3 Å². The zero-order valence-corrected chi connectivity index (χ0v) is 10.8. The van der Waals surface area contributed by atoms with Gasteiger partial charge in [-0.1, -0.05) is 18.2 Å². The van der Waals surface area contributed by atoms with E-state index in [1.165, 1.54) is 11.3 Å². The third-order valence-electron chi connectivity index (χ3n) is 2.38. The Kier molecular flexibility index (Phi) is 4.11. The summed E-state index contributed by atoms with van der Waals surface area (Å²) in [4.78, 5) is 12.6. The van der Waals surface area contributed by atoms with Gasteiger partial charge in [-0.2, -0.15) is 0 Å². The van der Waals surface area contributed by atoms with Gasteiger partial charge in [0.1, 0.15) is 0 Å². The predicted molar refractivity (Wildman–Crippen MR) is 76.8 cm³/mol. The quantitative estimate of drug-likeness (QED) is 0.290. The van der Waals surface area contributed by atoms with Crippen LogP contribution in [0.15, 0.2) is 46.9 Å². The Bertz CT molecular complexity index is 594. The monoisotopic (exact) mass is 275 g/mol. The molecule has 0 radical (unpaired) electrons. The van der Waals surface area contributed by atoms with E-state index in [2.05, 4.69) is 16.0 Å². The molecule has 0 aliphatic heterocycles. The molecule has 0 spiro atoms. The first-order valence-corrected chi connectivity index (χ1v) is 6.33. The molecule has 0 aliphatic carbocycles. The van der Waals surface area contributed by atoms with Crippen molar-refractivity contribution in [3.05, 3.63) is 52.2 Å². The van der Waals surface area contributed by atoms with E-state index in [-0.39, 0.29) is 11.7 Å². The van der Waals surface area contributed by atoms with E-state index in [0.717, 1.165) is 0 Å². The van der Waals surface area contributed by atoms with Crippen molar-refractivity contribution >= 4 is 28.8 Å². The number of nitrogens with one attached hydrogen (secondary N) is 2. The van der Waals surface area contributed by atoms with Gasteiger partial charge in [0.05, 0.1) is 10.6 Å². The van der Waals surface area contributed by atoms with Crippen LogP contribution in [0.25, 0.3) is 0 Å². The highest BCUT2D eigenvalue weighted by molar-refractivity contribution is 7.12. The number of hydrazone groups is 1. The summed E-state index contributed by atoms with van der Waals surface area (Å²) in [7, 11) is 0. The maximum Gasteiger partial charge on any atom is 0.265 e. The number of hydrazine groups is 1. The lowest BCUT2D eigenvalue weighted by Crippen LogP contribution is -2.24. The minimum Gasteiger partial charge on any atom is -0.382 e. The standard InChI is InChI=1S/C12H13N5OS/c13-11(16-17-14)8-4-1-2-5-9(8)15-12(18)10-6-3-7-19-10/h1-7,17H,14H2,(H2,13,16)(H,15,18). The molecule has 0 atom stereocenters. The lowest BCUT2D eigenvalue weighted by Gasteiger charge is -2.09. The Labute approximate surface area is 114 Å². The summed E-state index contributed by atoms with van der Waals surface area (Å²) in [5.41, 5.74) is 9.07. The third-order valence-corrected chi connectivity index (χ3v) is 3.25. The Morgan fingerprint density at radius 1 is 1.21 bits per heavy atom. The summed E-state index contributed by atoms with van der Waals surface area (Å²) in [6.07, 6.45) is 0. The predicted octanol–water partition coefficient (Wildman–Crippen LogP) is 1.08. The molecule has 7 heteroatoms. The van der Waals surface area contributed by atoms with E-state index in [0.29, 0.717) is 16.1 Å². The molecule has 0 unspecified atom stereocenters. The SMILES string of the molecule is NN/N=C(\N)c1ccccc1NC(=O)c1cccs1. The Balaban J connectivity index is 2.26. The van der Waals surface area contributed by atoms with E-state index in [4.69, 9.17) is 11.6 Å². The summed E-state index contributed by atoms with van der Waals surface area (Å²) in [5, 5.41) is 8.34. The molecular weight excluding hydrogens is 262 g/mol. The number of amides is 1. The smallest absolute Gasteiger partial charge is 0.265 e. The van der Waals surface area contributed by atoms with E-state index in [1.807, 2.05) is 11.4 Å². The van der Waals surface area contributed by atoms with Crippen molar-refractivity contribution in [1.29, 1.82) is 0 Å². The van der Waals surface area contributed by atoms with E-state index < -0.39 is 0 Å². The average Bonchev–Trinajstić information content (AvgIpc) is 2.93. The van der Waals surface area contributed by atoms with Crippen LogP contribution in [0.3, 0.4) is 0 Å². The molecule has 6 nitrogen and oxygen atoms in total. The number of hydrogen-bond acceptors (Lipinski definition) is 5. The van der Waals surface area contributed by atoms with Gasteiger partial charge in [-0.25, -0.2) is 11.4 Å². The van der Waals surface area contributed by atoms with Crippen molar-refractivity contribution in [2.45, 2.75) is 0 Å². The van der Waals surface area contributed by atoms with Crippen molar-refractivity contribution in [2.24, 2.45) is 16.7 Å². The zero-order chi connectivity index (χ0) is 13.7. The first kappa shape index (κ1) is 13.1. The molecule has 1 heterocycles. The Morgan fingerprint density at radius 2 is 2.00 bits per heavy atom. The number of anilines is 1. The van der Waals surface area contributed by atoms with Crippen LogP contribution in [0.4, 0.5) is 5.69 Å². The minimum atomic E-state index is -0.184. The second kappa shape index (κ2) is 5.98. The van der Waals surface area contributed by atoms with Crippen molar-refractivity contribution in [3.63, 3.8) is 0 Å². The maximum atomic E-state index is 12.0. The second-order valence-electron chi connectivity index (χ2n) is 3.60. The number of nitrogens with two attached hydrogens (primary N) is 2. The van der Waals surface area contributed by atoms with Crippen molar-refractivity contribution < 1.29 is 4.79 Å². The van der Waals surface area contributed by atoms with Crippen LogP contribution in [0.5, 0.6) is 0 Å². The summed E-state index contributed by atoms with van der Waals surface area (Å²) in [5.74, 6) is 5.11. The van der Waals surface area contributed by atoms with Gasteiger partial charge in [-0.05, 0) is 23.6 Å². The number of thiophene rings is 1. The molecule has 1 aromatic carbocycles. The van der Waals surface area contributed by atoms with Crippen LogP contribution < -0.4 is 22.4 Å². The van der Waals surface area contributed by atoms with Gasteiger partial charge in [0.2, 0.25) is 0 Å². The molecule has 2 aromatic rings. The number of carbonyl (C=O) groups excluding carboxylic acids is 1. The van der Waals surface area contributed by atoms with Gasteiger partial charge in [0.25, 0.3) is 5.91 Å². The molecule has 1 amide bonds. The fourth-order valence-electron chi connectivity index (χ4n) is 1.54. The van der Waals surface area contributed by atoms with Gasteiger partial charge in [0, 0.05) is 5.56 Å². The molecule has 0 bridgehead atoms. The van der Waals surface area contributed by atoms with Crippen LogP contribution in [0, 0.1) is 0 Å². The van der Waals surface area contributed by atoms with Crippen LogP contribution in [0.1, 0.15) is 15.2 Å². The zero-order valence-electron chi connectivity index (χ0n) is 9.96. The number of carbonyl (C=O) groups is 1. The number of nitrogens with zero attached hydrogens (tertiary/aromatic N) is 1. The number of benzene rings is 1. The molecule has 0 saturated heterocycles. The molecule has 98 valence electrons.